The average molecular weight is 541 g/mol. The highest BCUT2D eigenvalue weighted by atomic mass is 31.2. The van der Waals surface area contributed by atoms with E-state index in [-0.39, 0.29) is 17.9 Å². The predicted octanol–water partition coefficient (Wildman–Crippen LogP) is -0.992. The highest BCUT2D eigenvalue weighted by Gasteiger charge is 2.44. The highest BCUT2D eigenvalue weighted by Crippen LogP contribution is 2.59. The monoisotopic (exact) mass is 541 g/mol. The molecule has 2 atom stereocenters. The molecule has 0 fully saturated rings. The largest absolute Gasteiger partial charge is 0.505 e. The van der Waals surface area contributed by atoms with Crippen LogP contribution in [0.4, 0.5) is 11.5 Å². The molecule has 0 aliphatic carbocycles. The SMILES string of the molecule is O=C(CCC(=O)OC[C@H](O)[C@H]1OC(=O)C(O)=C1O)Nc1ccc(NC(P(=O)(O)O)P(=O)(O)O)nc1. The number of pyridine rings is 1. The van der Waals surface area contributed by atoms with Crippen LogP contribution in [0.1, 0.15) is 12.8 Å². The maximum absolute atomic E-state index is 12.0. The minimum atomic E-state index is -5.23. The number of aliphatic hydroxyl groups excluding tert-OH is 3. The lowest BCUT2D eigenvalue weighted by Crippen LogP contribution is -2.33. The average Bonchev–Trinajstić information content (AvgIpc) is 3.01. The summed E-state index contributed by atoms with van der Waals surface area (Å²) < 4.78 is 31.8. The fourth-order valence-electron chi connectivity index (χ4n) is 2.55. The molecule has 19 heteroatoms. The normalized spacial score (nSPS) is 17.2. The third kappa shape index (κ3) is 8.00. The number of rotatable bonds is 11. The van der Waals surface area contributed by atoms with Crippen LogP contribution in [0, 0.1) is 0 Å². The maximum atomic E-state index is 12.0. The lowest BCUT2D eigenvalue weighted by atomic mass is 10.2. The van der Waals surface area contributed by atoms with Gasteiger partial charge in [-0.15, -0.1) is 0 Å². The fourth-order valence-corrected chi connectivity index (χ4v) is 4.72. The van der Waals surface area contributed by atoms with E-state index in [0.29, 0.717) is 0 Å². The molecule has 1 aliphatic heterocycles. The fraction of sp³-hybridized carbons (Fsp3) is 0.375. The Balaban J connectivity index is 1.80. The zero-order valence-electron chi connectivity index (χ0n) is 17.4. The summed E-state index contributed by atoms with van der Waals surface area (Å²) in [5.74, 6) is -5.14. The van der Waals surface area contributed by atoms with Crippen molar-refractivity contribution in [2.45, 2.75) is 30.6 Å². The number of hydrogen-bond acceptors (Lipinski definition) is 12. The van der Waals surface area contributed by atoms with Gasteiger partial charge in [0, 0.05) is 6.42 Å². The van der Waals surface area contributed by atoms with Crippen molar-refractivity contribution in [3.8, 4) is 0 Å². The van der Waals surface area contributed by atoms with Crippen LogP contribution in [-0.2, 0) is 33.0 Å². The molecule has 2 rings (SSSR count). The molecule has 0 bridgehead atoms. The van der Waals surface area contributed by atoms with Gasteiger partial charge in [-0.3, -0.25) is 18.7 Å². The minimum absolute atomic E-state index is 0.0818. The summed E-state index contributed by atoms with van der Waals surface area (Å²) in [7, 11) is -10.5. The van der Waals surface area contributed by atoms with Gasteiger partial charge < -0.3 is 55.0 Å². The Morgan fingerprint density at radius 2 is 1.74 bits per heavy atom. The number of esters is 2. The Labute approximate surface area is 195 Å². The van der Waals surface area contributed by atoms with Crippen LogP contribution in [0.15, 0.2) is 29.8 Å². The smallest absolute Gasteiger partial charge is 0.377 e. The standard InChI is InChI=1S/C16H21N3O14P2/c20-8(14-12(23)13(24)15(25)33-14)6-32-11(22)4-3-10(21)18-7-1-2-9(17-5-7)19-16(34(26,27)28)35(29,30)31/h1-2,5,8,14,16,20,23-24H,3-4,6H2,(H,17,19)(H,18,21)(H2,26,27,28)(H2,29,30,31)/t8-,14+/m0/s1. The van der Waals surface area contributed by atoms with Gasteiger partial charge in [0.05, 0.1) is 18.3 Å². The van der Waals surface area contributed by atoms with Crippen molar-refractivity contribution in [1.82, 2.24) is 4.98 Å². The van der Waals surface area contributed by atoms with Crippen LogP contribution >= 0.6 is 15.2 Å². The number of aromatic nitrogens is 1. The van der Waals surface area contributed by atoms with E-state index in [1.54, 1.807) is 0 Å². The first-order valence-corrected chi connectivity index (χ1v) is 12.8. The van der Waals surface area contributed by atoms with Gasteiger partial charge in [-0.05, 0) is 12.1 Å². The molecule has 2 heterocycles. The van der Waals surface area contributed by atoms with Gasteiger partial charge in [0.25, 0.3) is 0 Å². The van der Waals surface area contributed by atoms with E-state index in [4.69, 9.17) is 29.4 Å². The van der Waals surface area contributed by atoms with Crippen molar-refractivity contribution < 1.29 is 67.9 Å². The third-order valence-corrected chi connectivity index (χ3v) is 7.56. The van der Waals surface area contributed by atoms with E-state index < -0.39 is 75.3 Å². The first-order valence-electron chi connectivity index (χ1n) is 9.39. The first kappa shape index (κ1) is 28.2. The number of carbonyl (C=O) groups excluding carboxylic acids is 3. The zero-order valence-corrected chi connectivity index (χ0v) is 19.2. The summed E-state index contributed by atoms with van der Waals surface area (Å²) in [5.41, 5.74) is -2.43. The molecule has 35 heavy (non-hydrogen) atoms. The van der Waals surface area contributed by atoms with Crippen LogP contribution in [0.3, 0.4) is 0 Å². The minimum Gasteiger partial charge on any atom is -0.505 e. The second-order valence-electron chi connectivity index (χ2n) is 6.99. The van der Waals surface area contributed by atoms with Crippen LogP contribution in [0.2, 0.25) is 0 Å². The Morgan fingerprint density at radius 1 is 1.11 bits per heavy atom. The van der Waals surface area contributed by atoms with Gasteiger partial charge in [-0.2, -0.15) is 0 Å². The Bertz CT molecular complexity index is 1070. The number of hydrogen-bond donors (Lipinski definition) is 9. The van der Waals surface area contributed by atoms with Crippen LogP contribution < -0.4 is 10.6 Å². The zero-order chi connectivity index (χ0) is 26.6. The molecule has 1 aromatic rings. The van der Waals surface area contributed by atoms with Crippen molar-refractivity contribution in [2.75, 3.05) is 17.2 Å². The molecule has 1 amide bonds. The number of amides is 1. The van der Waals surface area contributed by atoms with E-state index >= 15 is 0 Å². The van der Waals surface area contributed by atoms with E-state index in [0.717, 1.165) is 12.3 Å². The molecule has 0 aromatic carbocycles. The topological polar surface area (TPSA) is 282 Å². The molecule has 0 saturated heterocycles. The molecular weight excluding hydrogens is 520 g/mol. The van der Waals surface area contributed by atoms with Crippen LogP contribution in [0.25, 0.3) is 0 Å². The number of cyclic esters (lactones) is 1. The Kier molecular flexibility index (Phi) is 8.97. The molecule has 1 aromatic heterocycles. The molecule has 194 valence electrons. The third-order valence-electron chi connectivity index (χ3n) is 4.22. The number of ether oxygens (including phenoxy) is 2. The second-order valence-corrected chi connectivity index (χ2v) is 10.8. The number of anilines is 2. The van der Waals surface area contributed by atoms with Crippen molar-refractivity contribution in [1.29, 1.82) is 0 Å². The van der Waals surface area contributed by atoms with Crippen molar-refractivity contribution in [2.24, 2.45) is 0 Å². The van der Waals surface area contributed by atoms with Crippen molar-refractivity contribution >= 4 is 44.5 Å². The predicted molar refractivity (Wildman–Crippen MR) is 113 cm³/mol. The summed E-state index contributed by atoms with van der Waals surface area (Å²) in [6.45, 7) is -0.710. The quantitative estimate of drug-likeness (QED) is 0.120. The summed E-state index contributed by atoms with van der Waals surface area (Å²) in [6, 6.07) is 2.29. The van der Waals surface area contributed by atoms with Crippen molar-refractivity contribution in [3.63, 3.8) is 0 Å². The highest BCUT2D eigenvalue weighted by molar-refractivity contribution is 7.71. The van der Waals surface area contributed by atoms with Gasteiger partial charge in [-0.1, -0.05) is 0 Å². The van der Waals surface area contributed by atoms with Gasteiger partial charge in [-0.25, -0.2) is 9.78 Å². The molecule has 0 unspecified atom stereocenters. The molecule has 9 N–H and O–H groups in total. The van der Waals surface area contributed by atoms with E-state index in [1.807, 2.05) is 5.32 Å². The van der Waals surface area contributed by atoms with Gasteiger partial charge >= 0.3 is 27.1 Å². The molecule has 0 spiro atoms. The van der Waals surface area contributed by atoms with E-state index in [9.17, 15) is 33.7 Å². The summed E-state index contributed by atoms with van der Waals surface area (Å²) >= 11 is 0. The maximum Gasteiger partial charge on any atom is 0.377 e. The molecule has 1 aliphatic rings. The number of nitrogens with zero attached hydrogens (tertiary/aromatic N) is 1. The summed E-state index contributed by atoms with van der Waals surface area (Å²) in [5, 5.41) is 32.7. The molecular formula is C16H21N3O14P2. The molecule has 0 saturated carbocycles. The van der Waals surface area contributed by atoms with Crippen molar-refractivity contribution in [3.05, 3.63) is 29.8 Å². The summed E-state index contributed by atoms with van der Waals surface area (Å²) in [4.78, 5) is 74.8. The molecule has 0 radical (unpaired) electrons. The van der Waals surface area contributed by atoms with E-state index in [1.165, 1.54) is 6.07 Å². The Morgan fingerprint density at radius 3 is 2.23 bits per heavy atom. The van der Waals surface area contributed by atoms with E-state index in [2.05, 4.69) is 15.0 Å². The Hall–Kier alpha value is -3.04. The molecule has 17 nitrogen and oxygen atoms in total. The number of nitrogens with one attached hydrogen (secondary N) is 2. The van der Waals surface area contributed by atoms with Crippen LogP contribution in [-0.4, -0.2) is 82.1 Å². The lowest BCUT2D eigenvalue weighted by Gasteiger charge is -2.21. The first-order chi connectivity index (χ1) is 16.1. The van der Waals surface area contributed by atoms with Gasteiger partial charge in [0.2, 0.25) is 17.2 Å². The second kappa shape index (κ2) is 11.1. The van der Waals surface area contributed by atoms with Gasteiger partial charge in [0.1, 0.15) is 18.5 Å². The number of aliphatic hydroxyl groups is 3. The lowest BCUT2D eigenvalue weighted by molar-refractivity contribution is -0.155. The van der Waals surface area contributed by atoms with Gasteiger partial charge in [0.15, 0.2) is 11.9 Å². The van der Waals surface area contributed by atoms with Crippen LogP contribution in [0.5, 0.6) is 0 Å². The summed E-state index contributed by atoms with van der Waals surface area (Å²) in [6.07, 6.45) is -3.07. The number of carbonyl (C=O) groups is 3.